The van der Waals surface area contributed by atoms with Crippen LogP contribution in [0.3, 0.4) is 0 Å². The van der Waals surface area contributed by atoms with Gasteiger partial charge >= 0.3 is 11.9 Å². The molecule has 0 aromatic rings. The molecule has 176 valence electrons. The topological polar surface area (TPSA) is 124 Å². The number of carbonyl (C=O) groups is 3. The zero-order valence-corrected chi connectivity index (χ0v) is 19.1. The van der Waals surface area contributed by atoms with Crippen molar-refractivity contribution in [3.8, 4) is 0 Å². The molecule has 3 saturated carbocycles. The Balaban J connectivity index is 1.58. The van der Waals surface area contributed by atoms with E-state index in [4.69, 9.17) is 9.84 Å². The third kappa shape index (κ3) is 2.47. The Hall–Kier alpha value is -1.73. The molecule has 5 aliphatic rings. The highest BCUT2D eigenvalue weighted by atomic mass is 16.6. The van der Waals surface area contributed by atoms with Gasteiger partial charge in [-0.1, -0.05) is 19.4 Å². The van der Waals surface area contributed by atoms with Crippen molar-refractivity contribution in [3.05, 3.63) is 11.6 Å². The van der Waals surface area contributed by atoms with Gasteiger partial charge in [0.15, 0.2) is 5.78 Å². The maximum atomic E-state index is 12.8. The van der Waals surface area contributed by atoms with E-state index in [0.29, 0.717) is 51.4 Å². The van der Waals surface area contributed by atoms with Gasteiger partial charge in [-0.25, -0.2) is 0 Å². The van der Waals surface area contributed by atoms with E-state index in [1.165, 1.54) is 0 Å². The molecular formula is C25H34O7. The fourth-order valence-corrected chi connectivity index (χ4v) is 8.63. The van der Waals surface area contributed by atoms with Gasteiger partial charge in [-0.15, -0.1) is 0 Å². The number of ether oxygens (including phenoxy) is 1. The molecule has 0 radical (unpaired) electrons. The quantitative estimate of drug-likeness (QED) is 0.553. The van der Waals surface area contributed by atoms with Gasteiger partial charge in [0.25, 0.3) is 0 Å². The summed E-state index contributed by atoms with van der Waals surface area (Å²) in [7, 11) is 0. The molecule has 8 atom stereocenters. The largest absolute Gasteiger partial charge is 0.481 e. The summed E-state index contributed by atoms with van der Waals surface area (Å²) in [4.78, 5) is 36.0. The standard InChI is InChI=1S/C25H34O7/c1-21(20(29)30)12-14-11-15(26)6-9-22(14,2)25-17(32-25)13-23(3)16(19(21)25)7-10-24(23,31)8-4-5-18(27)28/h11,16-17,19,31H,4-10,12-13H2,1-3H3,(H,27,28)(H,29,30)/t16?,17-,19?,21?,22-,23-,24-,25?/m0/s1. The number of carboxylic acids is 2. The molecule has 1 spiro atoms. The first-order valence-electron chi connectivity index (χ1n) is 11.9. The summed E-state index contributed by atoms with van der Waals surface area (Å²) in [6.07, 6.45) is 5.71. The van der Waals surface area contributed by atoms with Gasteiger partial charge < -0.3 is 20.1 Å². The lowest BCUT2D eigenvalue weighted by atomic mass is 9.40. The van der Waals surface area contributed by atoms with Crippen LogP contribution in [0, 0.1) is 28.1 Å². The van der Waals surface area contributed by atoms with Gasteiger partial charge in [0.1, 0.15) is 5.60 Å². The lowest BCUT2D eigenvalue weighted by Crippen LogP contribution is -2.66. The second-order valence-electron chi connectivity index (χ2n) is 11.8. The van der Waals surface area contributed by atoms with Crippen LogP contribution in [-0.4, -0.2) is 50.3 Å². The molecule has 7 nitrogen and oxygen atoms in total. The molecule has 1 saturated heterocycles. The maximum Gasteiger partial charge on any atom is 0.310 e. The van der Waals surface area contributed by atoms with Gasteiger partial charge in [0.05, 0.1) is 17.1 Å². The molecule has 0 amide bonds. The molecule has 1 heterocycles. The van der Waals surface area contributed by atoms with Crippen molar-refractivity contribution < 1.29 is 34.4 Å². The van der Waals surface area contributed by atoms with Crippen LogP contribution in [0.15, 0.2) is 11.6 Å². The monoisotopic (exact) mass is 446 g/mol. The van der Waals surface area contributed by atoms with Gasteiger partial charge in [-0.3, -0.25) is 14.4 Å². The second kappa shape index (κ2) is 6.44. The molecule has 5 rings (SSSR count). The Morgan fingerprint density at radius 1 is 1.19 bits per heavy atom. The van der Waals surface area contributed by atoms with E-state index in [1.54, 1.807) is 13.0 Å². The van der Waals surface area contributed by atoms with Crippen molar-refractivity contribution in [2.45, 2.75) is 95.9 Å². The summed E-state index contributed by atoms with van der Waals surface area (Å²) in [5, 5.41) is 31.3. The van der Waals surface area contributed by atoms with Crippen LogP contribution < -0.4 is 0 Å². The molecule has 1 aliphatic heterocycles. The number of carboxylic acid groups (broad SMARTS) is 2. The van der Waals surface area contributed by atoms with Crippen LogP contribution >= 0.6 is 0 Å². The van der Waals surface area contributed by atoms with Gasteiger partial charge in [-0.2, -0.15) is 0 Å². The number of hydrogen-bond donors (Lipinski definition) is 3. The van der Waals surface area contributed by atoms with Crippen LogP contribution in [0.25, 0.3) is 0 Å². The van der Waals surface area contributed by atoms with Crippen LogP contribution in [0.1, 0.15) is 78.6 Å². The van der Waals surface area contributed by atoms with Crippen molar-refractivity contribution in [2.24, 2.45) is 28.1 Å². The molecule has 4 unspecified atom stereocenters. The number of ketones is 1. The van der Waals surface area contributed by atoms with E-state index < -0.39 is 34.0 Å². The number of carbonyl (C=O) groups excluding carboxylic acids is 1. The lowest BCUT2D eigenvalue weighted by Gasteiger charge is -2.61. The summed E-state index contributed by atoms with van der Waals surface area (Å²) in [5.74, 6) is -1.98. The number of rotatable bonds is 5. The van der Waals surface area contributed by atoms with Gasteiger partial charge in [0, 0.05) is 29.6 Å². The summed E-state index contributed by atoms with van der Waals surface area (Å²) in [5.41, 5.74) is -2.70. The predicted molar refractivity (Wildman–Crippen MR) is 114 cm³/mol. The van der Waals surface area contributed by atoms with E-state index in [-0.39, 0.29) is 35.6 Å². The number of fused-ring (bicyclic) bond motifs is 3. The van der Waals surface area contributed by atoms with Gasteiger partial charge in [0.2, 0.25) is 0 Å². The zero-order valence-electron chi connectivity index (χ0n) is 19.1. The molecule has 4 fully saturated rings. The SMILES string of the molecule is CC1(C(=O)O)CC2=CC(=O)CC[C@]2(C)C23O[C@H]2C[C@@]2(C)C(CC[C@@]2(O)CCCC(=O)O)C13. The molecule has 0 bridgehead atoms. The Labute approximate surface area is 188 Å². The number of aliphatic hydroxyl groups is 1. The molecule has 32 heavy (non-hydrogen) atoms. The first kappa shape index (κ1) is 22.1. The third-order valence-electron chi connectivity index (χ3n) is 10.5. The average molecular weight is 447 g/mol. The van der Waals surface area contributed by atoms with Crippen molar-refractivity contribution in [2.75, 3.05) is 0 Å². The summed E-state index contributed by atoms with van der Waals surface area (Å²) < 4.78 is 6.54. The predicted octanol–water partition coefficient (Wildman–Crippen LogP) is 3.34. The lowest BCUT2D eigenvalue weighted by molar-refractivity contribution is -0.176. The van der Waals surface area contributed by atoms with E-state index in [0.717, 1.165) is 5.57 Å². The van der Waals surface area contributed by atoms with Crippen molar-refractivity contribution in [1.29, 1.82) is 0 Å². The number of epoxide rings is 1. The van der Waals surface area contributed by atoms with E-state index in [2.05, 4.69) is 13.8 Å². The van der Waals surface area contributed by atoms with Gasteiger partial charge in [-0.05, 0) is 63.9 Å². The third-order valence-corrected chi connectivity index (χ3v) is 10.5. The van der Waals surface area contributed by atoms with E-state index >= 15 is 0 Å². The minimum absolute atomic E-state index is 0.0173. The number of hydrogen-bond acceptors (Lipinski definition) is 5. The van der Waals surface area contributed by atoms with Crippen LogP contribution in [0.2, 0.25) is 0 Å². The second-order valence-corrected chi connectivity index (χ2v) is 11.8. The Morgan fingerprint density at radius 2 is 1.91 bits per heavy atom. The summed E-state index contributed by atoms with van der Waals surface area (Å²) in [6.45, 7) is 6.02. The van der Waals surface area contributed by atoms with Crippen molar-refractivity contribution >= 4 is 17.7 Å². The van der Waals surface area contributed by atoms with Crippen LogP contribution in [-0.2, 0) is 19.1 Å². The fourth-order valence-electron chi connectivity index (χ4n) is 8.63. The summed E-state index contributed by atoms with van der Waals surface area (Å²) in [6, 6.07) is 0. The smallest absolute Gasteiger partial charge is 0.310 e. The summed E-state index contributed by atoms with van der Waals surface area (Å²) >= 11 is 0. The molecular weight excluding hydrogens is 412 g/mol. The van der Waals surface area contributed by atoms with E-state index in [9.17, 15) is 24.6 Å². The van der Waals surface area contributed by atoms with Crippen LogP contribution in [0.4, 0.5) is 0 Å². The molecule has 3 N–H and O–H groups in total. The highest BCUT2D eigenvalue weighted by Gasteiger charge is 2.84. The van der Waals surface area contributed by atoms with Crippen LogP contribution in [0.5, 0.6) is 0 Å². The highest BCUT2D eigenvalue weighted by molar-refractivity contribution is 5.92. The maximum absolute atomic E-state index is 12.8. The average Bonchev–Trinajstić information content (AvgIpc) is 3.35. The molecule has 7 heteroatoms. The minimum atomic E-state index is -1.09. The van der Waals surface area contributed by atoms with Crippen molar-refractivity contribution in [1.82, 2.24) is 0 Å². The Morgan fingerprint density at radius 3 is 2.56 bits per heavy atom. The highest BCUT2D eigenvalue weighted by Crippen LogP contribution is 2.79. The minimum Gasteiger partial charge on any atom is -0.481 e. The normalized spacial score (nSPS) is 51.1. The van der Waals surface area contributed by atoms with Crippen molar-refractivity contribution in [3.63, 3.8) is 0 Å². The first-order valence-corrected chi connectivity index (χ1v) is 11.9. The Bertz CT molecular complexity index is 941. The fraction of sp³-hybridized carbons (Fsp3) is 0.800. The first-order chi connectivity index (χ1) is 14.8. The molecule has 0 aromatic heterocycles. The Kier molecular flexibility index (Phi) is 4.44. The molecule has 0 aromatic carbocycles. The molecule has 4 aliphatic carbocycles. The number of aliphatic carboxylic acids is 2. The zero-order chi connectivity index (χ0) is 23.3. The van der Waals surface area contributed by atoms with E-state index in [1.807, 2.05) is 0 Å².